The lowest BCUT2D eigenvalue weighted by Crippen LogP contribution is -2.00. The number of hydrogen-bond donors (Lipinski definition) is 1. The van der Waals surface area contributed by atoms with E-state index in [1.807, 2.05) is 30.5 Å². The molecule has 0 saturated heterocycles. The second kappa shape index (κ2) is 5.78. The Balaban J connectivity index is 2.11. The highest BCUT2D eigenvalue weighted by Gasteiger charge is 2.05. The molecule has 2 rings (SSSR count). The quantitative estimate of drug-likeness (QED) is 0.674. The first-order valence-corrected chi connectivity index (χ1v) is 6.73. The van der Waals surface area contributed by atoms with Crippen LogP contribution in [0.5, 0.6) is 5.75 Å². The van der Waals surface area contributed by atoms with Crippen LogP contribution >= 0.6 is 11.8 Å². The van der Waals surface area contributed by atoms with Gasteiger partial charge in [0, 0.05) is 16.1 Å². The van der Waals surface area contributed by atoms with Crippen molar-refractivity contribution in [3.8, 4) is 5.75 Å². The lowest BCUT2D eigenvalue weighted by molar-refractivity contribution is 0.293. The third kappa shape index (κ3) is 2.96. The maximum atomic E-state index is 13.6. The van der Waals surface area contributed by atoms with Crippen molar-refractivity contribution in [1.29, 1.82) is 0 Å². The molecule has 2 aromatic rings. The Morgan fingerprint density at radius 3 is 2.72 bits per heavy atom. The summed E-state index contributed by atoms with van der Waals surface area (Å²) in [4.78, 5) is 1.04. The zero-order chi connectivity index (χ0) is 13.0. The average molecular weight is 263 g/mol. The third-order valence-corrected chi connectivity index (χ3v) is 3.31. The Bertz CT molecular complexity index is 545. The van der Waals surface area contributed by atoms with E-state index < -0.39 is 0 Å². The summed E-state index contributed by atoms with van der Waals surface area (Å²) in [6, 6.07) is 12.3. The van der Waals surface area contributed by atoms with E-state index in [0.717, 1.165) is 10.6 Å². The highest BCUT2D eigenvalue weighted by molar-refractivity contribution is 7.98. The van der Waals surface area contributed by atoms with Gasteiger partial charge in [0.05, 0.1) is 0 Å². The molecule has 94 valence electrons. The van der Waals surface area contributed by atoms with Crippen LogP contribution in [0.15, 0.2) is 47.4 Å². The maximum Gasteiger partial charge on any atom is 0.133 e. The summed E-state index contributed by atoms with van der Waals surface area (Å²) < 4.78 is 19.2. The van der Waals surface area contributed by atoms with Crippen molar-refractivity contribution in [1.82, 2.24) is 0 Å². The van der Waals surface area contributed by atoms with Crippen molar-refractivity contribution in [2.45, 2.75) is 11.5 Å². The van der Waals surface area contributed by atoms with E-state index in [4.69, 9.17) is 10.5 Å². The zero-order valence-corrected chi connectivity index (χ0v) is 10.8. The average Bonchev–Trinajstić information content (AvgIpc) is 2.38. The van der Waals surface area contributed by atoms with Crippen molar-refractivity contribution in [3.05, 3.63) is 53.8 Å². The molecule has 0 fully saturated rings. The highest BCUT2D eigenvalue weighted by atomic mass is 32.2. The highest BCUT2D eigenvalue weighted by Crippen LogP contribution is 2.27. The van der Waals surface area contributed by atoms with E-state index in [1.54, 1.807) is 23.9 Å². The summed E-state index contributed by atoms with van der Waals surface area (Å²) in [6.07, 6.45) is 1.98. The normalized spacial score (nSPS) is 10.3. The largest absolute Gasteiger partial charge is 0.488 e. The van der Waals surface area contributed by atoms with Gasteiger partial charge < -0.3 is 10.5 Å². The van der Waals surface area contributed by atoms with Crippen LogP contribution in [0.4, 0.5) is 10.1 Å². The number of thioether (sulfide) groups is 1. The third-order valence-electron chi connectivity index (χ3n) is 2.53. The fourth-order valence-corrected chi connectivity index (χ4v) is 2.12. The van der Waals surface area contributed by atoms with Crippen molar-refractivity contribution >= 4 is 17.4 Å². The van der Waals surface area contributed by atoms with Crippen LogP contribution in [0.3, 0.4) is 0 Å². The Kier molecular flexibility index (Phi) is 4.10. The molecular formula is C14H14FNOS. The van der Waals surface area contributed by atoms with E-state index in [9.17, 15) is 4.39 Å². The number of ether oxygens (including phenoxy) is 1. The number of nitrogens with two attached hydrogens (primary N) is 1. The van der Waals surface area contributed by atoms with Crippen LogP contribution < -0.4 is 10.5 Å². The van der Waals surface area contributed by atoms with Gasteiger partial charge in [0.15, 0.2) is 0 Å². The number of anilines is 1. The van der Waals surface area contributed by atoms with Gasteiger partial charge in [0.2, 0.25) is 0 Å². The maximum absolute atomic E-state index is 13.6. The lowest BCUT2D eigenvalue weighted by atomic mass is 10.2. The molecule has 0 spiro atoms. The fourth-order valence-electron chi connectivity index (χ4n) is 1.57. The van der Waals surface area contributed by atoms with Crippen molar-refractivity contribution < 1.29 is 9.13 Å². The van der Waals surface area contributed by atoms with Crippen molar-refractivity contribution in [2.75, 3.05) is 12.0 Å². The molecule has 0 radical (unpaired) electrons. The molecule has 2 N–H and O–H groups in total. The summed E-state index contributed by atoms with van der Waals surface area (Å²) in [5.41, 5.74) is 6.41. The summed E-state index contributed by atoms with van der Waals surface area (Å²) in [5.74, 6) is 0.429. The number of rotatable bonds is 4. The first kappa shape index (κ1) is 12.8. The number of para-hydroxylation sites is 1. The van der Waals surface area contributed by atoms with Gasteiger partial charge in [-0.05, 0) is 30.5 Å². The summed E-state index contributed by atoms with van der Waals surface area (Å²) >= 11 is 1.60. The van der Waals surface area contributed by atoms with Crippen LogP contribution in [0.1, 0.15) is 5.56 Å². The number of hydrogen-bond acceptors (Lipinski definition) is 3. The van der Waals surface area contributed by atoms with E-state index in [1.165, 1.54) is 6.07 Å². The first-order valence-electron chi connectivity index (χ1n) is 5.50. The predicted molar refractivity (Wildman–Crippen MR) is 73.4 cm³/mol. The van der Waals surface area contributed by atoms with Gasteiger partial charge in [0.1, 0.15) is 18.2 Å². The second-order valence-corrected chi connectivity index (χ2v) is 4.64. The van der Waals surface area contributed by atoms with Gasteiger partial charge in [-0.15, -0.1) is 11.8 Å². The molecule has 4 heteroatoms. The Labute approximate surface area is 110 Å². The molecule has 0 aromatic heterocycles. The van der Waals surface area contributed by atoms with E-state index in [0.29, 0.717) is 11.3 Å². The van der Waals surface area contributed by atoms with Gasteiger partial charge in [-0.3, -0.25) is 0 Å². The molecule has 2 aromatic carbocycles. The molecule has 0 unspecified atom stereocenters. The van der Waals surface area contributed by atoms with E-state index in [-0.39, 0.29) is 12.4 Å². The summed E-state index contributed by atoms with van der Waals surface area (Å²) in [6.45, 7) is 0.198. The Morgan fingerprint density at radius 1 is 1.22 bits per heavy atom. The van der Waals surface area contributed by atoms with Gasteiger partial charge >= 0.3 is 0 Å². The molecular weight excluding hydrogens is 249 g/mol. The van der Waals surface area contributed by atoms with Gasteiger partial charge in [-0.1, -0.05) is 18.2 Å². The molecule has 2 nitrogen and oxygen atoms in total. The van der Waals surface area contributed by atoms with Gasteiger partial charge in [-0.25, -0.2) is 4.39 Å². The zero-order valence-electron chi connectivity index (χ0n) is 10.0. The summed E-state index contributed by atoms with van der Waals surface area (Å²) in [5, 5.41) is 0. The van der Waals surface area contributed by atoms with Crippen LogP contribution in [-0.4, -0.2) is 6.26 Å². The minimum absolute atomic E-state index is 0.198. The SMILES string of the molecule is CSc1ccccc1OCc1ccc(N)cc1F. The minimum atomic E-state index is -0.336. The smallest absolute Gasteiger partial charge is 0.133 e. The molecule has 0 atom stereocenters. The summed E-state index contributed by atoms with van der Waals surface area (Å²) in [7, 11) is 0. The molecule has 0 saturated carbocycles. The van der Waals surface area contributed by atoms with E-state index >= 15 is 0 Å². The molecule has 0 heterocycles. The number of halogens is 1. The molecule has 0 aliphatic heterocycles. The molecule has 0 amide bonds. The molecule has 0 bridgehead atoms. The fraction of sp³-hybridized carbons (Fsp3) is 0.143. The molecule has 0 aliphatic rings. The second-order valence-electron chi connectivity index (χ2n) is 3.79. The monoisotopic (exact) mass is 263 g/mol. The predicted octanol–water partition coefficient (Wildman–Crippen LogP) is 3.71. The van der Waals surface area contributed by atoms with Crippen LogP contribution in [0.2, 0.25) is 0 Å². The number of benzene rings is 2. The molecule has 0 aliphatic carbocycles. The van der Waals surface area contributed by atoms with Gasteiger partial charge in [-0.2, -0.15) is 0 Å². The number of nitrogen functional groups attached to an aromatic ring is 1. The Hall–Kier alpha value is -1.68. The topological polar surface area (TPSA) is 35.2 Å². The first-order chi connectivity index (χ1) is 8.70. The van der Waals surface area contributed by atoms with Crippen LogP contribution in [0, 0.1) is 5.82 Å². The van der Waals surface area contributed by atoms with Crippen molar-refractivity contribution in [2.24, 2.45) is 0 Å². The van der Waals surface area contributed by atoms with Crippen LogP contribution in [-0.2, 0) is 6.61 Å². The lowest BCUT2D eigenvalue weighted by Gasteiger charge is -2.10. The minimum Gasteiger partial charge on any atom is -0.488 e. The van der Waals surface area contributed by atoms with Crippen LogP contribution in [0.25, 0.3) is 0 Å². The Morgan fingerprint density at radius 2 is 2.00 bits per heavy atom. The van der Waals surface area contributed by atoms with Gasteiger partial charge in [0.25, 0.3) is 0 Å². The standard InChI is InChI=1S/C14H14FNOS/c1-18-14-5-3-2-4-13(14)17-9-10-6-7-11(16)8-12(10)15/h2-8H,9,16H2,1H3. The van der Waals surface area contributed by atoms with E-state index in [2.05, 4.69) is 0 Å². The van der Waals surface area contributed by atoms with Crippen molar-refractivity contribution in [3.63, 3.8) is 0 Å². The molecule has 18 heavy (non-hydrogen) atoms.